The molecule has 0 fully saturated rings. The van der Waals surface area contributed by atoms with Gasteiger partial charge in [0.1, 0.15) is 5.76 Å². The quantitative estimate of drug-likeness (QED) is 0.728. The number of hydrogen-bond donors (Lipinski definition) is 2. The second-order valence-electron chi connectivity index (χ2n) is 5.01. The Labute approximate surface area is 125 Å². The van der Waals surface area contributed by atoms with Crippen LogP contribution in [0.25, 0.3) is 0 Å². The van der Waals surface area contributed by atoms with Gasteiger partial charge in [-0.2, -0.15) is 0 Å². The number of rotatable bonds is 9. The van der Waals surface area contributed by atoms with Crippen molar-refractivity contribution in [2.24, 2.45) is 5.92 Å². The van der Waals surface area contributed by atoms with Crippen LogP contribution >= 0.6 is 0 Å². The SMILES string of the molecule is CCN(CC)Cc1ccc(C(=O)NCCC(C)C(=O)O)o1. The Morgan fingerprint density at radius 2 is 2.00 bits per heavy atom. The smallest absolute Gasteiger partial charge is 0.306 e. The number of hydrogen-bond acceptors (Lipinski definition) is 4. The van der Waals surface area contributed by atoms with Crippen molar-refractivity contribution >= 4 is 11.9 Å². The number of nitrogens with one attached hydrogen (secondary N) is 1. The van der Waals surface area contributed by atoms with Gasteiger partial charge in [-0.15, -0.1) is 0 Å². The Morgan fingerprint density at radius 1 is 1.33 bits per heavy atom. The predicted molar refractivity (Wildman–Crippen MR) is 79.1 cm³/mol. The van der Waals surface area contributed by atoms with E-state index in [1.807, 2.05) is 0 Å². The minimum Gasteiger partial charge on any atom is -0.481 e. The van der Waals surface area contributed by atoms with E-state index in [0.29, 0.717) is 19.5 Å². The zero-order chi connectivity index (χ0) is 15.8. The first-order valence-electron chi connectivity index (χ1n) is 7.30. The fraction of sp³-hybridized carbons (Fsp3) is 0.600. The molecule has 0 aliphatic carbocycles. The summed E-state index contributed by atoms with van der Waals surface area (Å²) in [7, 11) is 0. The summed E-state index contributed by atoms with van der Waals surface area (Å²) in [6.45, 7) is 8.60. The van der Waals surface area contributed by atoms with Crippen molar-refractivity contribution in [2.75, 3.05) is 19.6 Å². The maximum atomic E-state index is 11.9. The Balaban J connectivity index is 2.45. The highest BCUT2D eigenvalue weighted by molar-refractivity contribution is 5.91. The van der Waals surface area contributed by atoms with Gasteiger partial charge in [-0.05, 0) is 31.6 Å². The molecule has 1 unspecified atom stereocenters. The first-order chi connectivity index (χ1) is 9.97. The van der Waals surface area contributed by atoms with Crippen molar-refractivity contribution in [3.8, 4) is 0 Å². The van der Waals surface area contributed by atoms with Crippen molar-refractivity contribution in [2.45, 2.75) is 33.7 Å². The molecule has 2 N–H and O–H groups in total. The molecule has 1 heterocycles. The van der Waals surface area contributed by atoms with Crippen LogP contribution in [0.3, 0.4) is 0 Å². The third-order valence-corrected chi connectivity index (χ3v) is 3.44. The van der Waals surface area contributed by atoms with Gasteiger partial charge in [-0.1, -0.05) is 20.8 Å². The second kappa shape index (κ2) is 8.46. The van der Waals surface area contributed by atoms with Crippen molar-refractivity contribution in [1.82, 2.24) is 10.2 Å². The van der Waals surface area contributed by atoms with Gasteiger partial charge in [-0.25, -0.2) is 0 Å². The molecule has 0 radical (unpaired) electrons. The van der Waals surface area contributed by atoms with Gasteiger partial charge >= 0.3 is 5.97 Å². The molecule has 0 saturated heterocycles. The largest absolute Gasteiger partial charge is 0.481 e. The summed E-state index contributed by atoms with van der Waals surface area (Å²) < 4.78 is 5.51. The van der Waals surface area contributed by atoms with Crippen LogP contribution in [0.1, 0.15) is 43.5 Å². The molecule has 6 heteroatoms. The Kier molecular flexibility index (Phi) is 6.94. The van der Waals surface area contributed by atoms with Gasteiger partial charge in [0.15, 0.2) is 5.76 Å². The maximum absolute atomic E-state index is 11.9. The van der Waals surface area contributed by atoms with Crippen molar-refractivity contribution in [1.29, 1.82) is 0 Å². The van der Waals surface area contributed by atoms with Crippen molar-refractivity contribution < 1.29 is 19.1 Å². The number of aliphatic carboxylic acids is 1. The van der Waals surface area contributed by atoms with Gasteiger partial charge in [0.2, 0.25) is 0 Å². The van der Waals surface area contributed by atoms with E-state index in [2.05, 4.69) is 24.1 Å². The number of amides is 1. The average molecular weight is 296 g/mol. The number of nitrogens with zero attached hydrogens (tertiary/aromatic N) is 1. The summed E-state index contributed by atoms with van der Waals surface area (Å²) >= 11 is 0. The lowest BCUT2D eigenvalue weighted by Gasteiger charge is -2.15. The van der Waals surface area contributed by atoms with E-state index in [9.17, 15) is 9.59 Å². The number of carbonyl (C=O) groups excluding carboxylic acids is 1. The van der Waals surface area contributed by atoms with Crippen LogP contribution in [0.5, 0.6) is 0 Å². The molecule has 1 rings (SSSR count). The molecular weight excluding hydrogens is 272 g/mol. The van der Waals surface area contributed by atoms with Gasteiger partial charge in [0.25, 0.3) is 5.91 Å². The van der Waals surface area contributed by atoms with Crippen molar-refractivity contribution in [3.63, 3.8) is 0 Å². The molecule has 0 spiro atoms. The van der Waals surface area contributed by atoms with E-state index < -0.39 is 11.9 Å². The molecule has 118 valence electrons. The van der Waals surface area contributed by atoms with E-state index in [4.69, 9.17) is 9.52 Å². The molecule has 6 nitrogen and oxygen atoms in total. The van der Waals surface area contributed by atoms with E-state index in [0.717, 1.165) is 18.8 Å². The monoisotopic (exact) mass is 296 g/mol. The molecule has 1 aromatic heterocycles. The van der Waals surface area contributed by atoms with Gasteiger partial charge in [0.05, 0.1) is 12.5 Å². The molecular formula is C15H24N2O4. The molecule has 1 atom stereocenters. The van der Waals surface area contributed by atoms with Crippen LogP contribution in [-0.2, 0) is 11.3 Å². The van der Waals surface area contributed by atoms with Gasteiger partial charge in [0, 0.05) is 6.54 Å². The van der Waals surface area contributed by atoms with Gasteiger partial charge in [-0.3, -0.25) is 14.5 Å². The highest BCUT2D eigenvalue weighted by Crippen LogP contribution is 2.11. The third kappa shape index (κ3) is 5.59. The summed E-state index contributed by atoms with van der Waals surface area (Å²) in [4.78, 5) is 24.7. The van der Waals surface area contributed by atoms with E-state index >= 15 is 0 Å². The fourth-order valence-electron chi connectivity index (χ4n) is 1.87. The van der Waals surface area contributed by atoms with Crippen LogP contribution < -0.4 is 5.32 Å². The zero-order valence-corrected chi connectivity index (χ0v) is 12.9. The summed E-state index contributed by atoms with van der Waals surface area (Å²) in [5, 5.41) is 11.4. The number of furan rings is 1. The zero-order valence-electron chi connectivity index (χ0n) is 12.9. The van der Waals surface area contributed by atoms with E-state index in [-0.39, 0.29) is 11.7 Å². The fourth-order valence-corrected chi connectivity index (χ4v) is 1.87. The molecule has 21 heavy (non-hydrogen) atoms. The predicted octanol–water partition coefficient (Wildman–Crippen LogP) is 1.96. The summed E-state index contributed by atoms with van der Waals surface area (Å²) in [5.41, 5.74) is 0. The average Bonchev–Trinajstić information content (AvgIpc) is 2.92. The third-order valence-electron chi connectivity index (χ3n) is 3.44. The summed E-state index contributed by atoms with van der Waals surface area (Å²) in [6, 6.07) is 3.45. The maximum Gasteiger partial charge on any atom is 0.306 e. The molecule has 1 aromatic rings. The molecule has 1 amide bonds. The lowest BCUT2D eigenvalue weighted by Crippen LogP contribution is -2.26. The van der Waals surface area contributed by atoms with Crippen LogP contribution in [0, 0.1) is 5.92 Å². The van der Waals surface area contributed by atoms with E-state index in [1.54, 1.807) is 19.1 Å². The van der Waals surface area contributed by atoms with Crippen molar-refractivity contribution in [3.05, 3.63) is 23.7 Å². The van der Waals surface area contributed by atoms with Crippen LogP contribution in [0.2, 0.25) is 0 Å². The topological polar surface area (TPSA) is 82.8 Å². The lowest BCUT2D eigenvalue weighted by molar-refractivity contribution is -0.141. The Bertz CT molecular complexity index is 466. The molecule has 0 aliphatic rings. The first-order valence-corrected chi connectivity index (χ1v) is 7.30. The molecule has 0 aromatic carbocycles. The lowest BCUT2D eigenvalue weighted by atomic mass is 10.1. The van der Waals surface area contributed by atoms with E-state index in [1.165, 1.54) is 0 Å². The van der Waals surface area contributed by atoms with Crippen LogP contribution in [0.15, 0.2) is 16.5 Å². The number of carbonyl (C=O) groups is 2. The number of carboxylic acid groups (broad SMARTS) is 1. The van der Waals surface area contributed by atoms with Crippen LogP contribution in [-0.4, -0.2) is 41.5 Å². The van der Waals surface area contributed by atoms with Crippen LogP contribution in [0.4, 0.5) is 0 Å². The minimum atomic E-state index is -0.858. The summed E-state index contributed by atoms with van der Waals surface area (Å²) in [6.07, 6.45) is 0.397. The number of carboxylic acids is 1. The second-order valence-corrected chi connectivity index (χ2v) is 5.01. The Morgan fingerprint density at radius 3 is 2.57 bits per heavy atom. The molecule has 0 bridgehead atoms. The Hall–Kier alpha value is -1.82. The molecule has 0 aliphatic heterocycles. The van der Waals surface area contributed by atoms with Gasteiger partial charge < -0.3 is 14.8 Å². The minimum absolute atomic E-state index is 0.264. The highest BCUT2D eigenvalue weighted by Gasteiger charge is 2.14. The standard InChI is InChI=1S/C15H24N2O4/c1-4-17(5-2)10-12-6-7-13(21-12)14(18)16-9-8-11(3)15(19)20/h6-7,11H,4-5,8-10H2,1-3H3,(H,16,18)(H,19,20). The normalized spacial score (nSPS) is 12.4. The summed E-state index contributed by atoms with van der Waals surface area (Å²) in [5.74, 6) is -0.620. The molecule has 0 saturated carbocycles. The first kappa shape index (κ1) is 17.2. The highest BCUT2D eigenvalue weighted by atomic mass is 16.4.